The molecular formula is C14H18N2O5. The van der Waals surface area contributed by atoms with E-state index in [4.69, 9.17) is 9.84 Å². The van der Waals surface area contributed by atoms with Crippen LogP contribution < -0.4 is 10.1 Å². The second-order valence-corrected chi connectivity index (χ2v) is 5.24. The molecule has 7 heteroatoms. The third-order valence-electron chi connectivity index (χ3n) is 3.62. The van der Waals surface area contributed by atoms with Crippen molar-refractivity contribution in [3.05, 3.63) is 28.3 Å². The fourth-order valence-corrected chi connectivity index (χ4v) is 2.56. The Bertz CT molecular complexity index is 554. The van der Waals surface area contributed by atoms with Crippen molar-refractivity contribution in [1.29, 1.82) is 0 Å². The lowest BCUT2D eigenvalue weighted by molar-refractivity contribution is -0.384. The SMILES string of the molecule is CCOc1cc(NC2(CC(=O)O)CCC2)cc([N+](=O)[O-])c1. The van der Waals surface area contributed by atoms with E-state index in [-0.39, 0.29) is 12.1 Å². The van der Waals surface area contributed by atoms with E-state index in [0.29, 0.717) is 18.0 Å². The number of carbonyl (C=O) groups is 1. The predicted octanol–water partition coefficient (Wildman–Crippen LogP) is 2.80. The molecule has 7 nitrogen and oxygen atoms in total. The summed E-state index contributed by atoms with van der Waals surface area (Å²) in [4.78, 5) is 21.4. The standard InChI is InChI=1S/C14H18N2O5/c1-2-21-12-7-10(6-11(8-12)16(19)20)15-14(4-3-5-14)9-13(17)18/h6-8,15H,2-5,9H2,1H3,(H,17,18). The number of rotatable bonds is 7. The largest absolute Gasteiger partial charge is 0.494 e. The van der Waals surface area contributed by atoms with Gasteiger partial charge in [0.05, 0.1) is 24.0 Å². The summed E-state index contributed by atoms with van der Waals surface area (Å²) in [6.45, 7) is 2.20. The van der Waals surface area contributed by atoms with Gasteiger partial charge in [-0.2, -0.15) is 0 Å². The second kappa shape index (κ2) is 5.99. The Labute approximate surface area is 122 Å². The van der Waals surface area contributed by atoms with Crippen LogP contribution in [-0.4, -0.2) is 28.1 Å². The maximum Gasteiger partial charge on any atom is 0.305 e. The third kappa shape index (κ3) is 3.62. The first-order valence-electron chi connectivity index (χ1n) is 6.86. The van der Waals surface area contributed by atoms with Crippen LogP contribution in [0.3, 0.4) is 0 Å². The van der Waals surface area contributed by atoms with Gasteiger partial charge in [-0.05, 0) is 26.2 Å². The van der Waals surface area contributed by atoms with Crippen LogP contribution in [0.4, 0.5) is 11.4 Å². The van der Waals surface area contributed by atoms with E-state index in [0.717, 1.165) is 19.3 Å². The molecule has 0 saturated heterocycles. The smallest absolute Gasteiger partial charge is 0.305 e. The predicted molar refractivity (Wildman–Crippen MR) is 76.7 cm³/mol. The molecule has 0 aliphatic heterocycles. The van der Waals surface area contributed by atoms with Gasteiger partial charge in [-0.3, -0.25) is 14.9 Å². The minimum absolute atomic E-state index is 0.000337. The molecule has 0 bridgehead atoms. The molecule has 0 heterocycles. The molecule has 2 N–H and O–H groups in total. The molecule has 0 atom stereocenters. The number of non-ortho nitro benzene ring substituents is 1. The molecule has 0 radical (unpaired) electrons. The average Bonchev–Trinajstić information content (AvgIpc) is 2.35. The van der Waals surface area contributed by atoms with Crippen LogP contribution in [-0.2, 0) is 4.79 Å². The minimum atomic E-state index is -0.877. The summed E-state index contributed by atoms with van der Waals surface area (Å²) in [5.41, 5.74) is -0.0632. The molecule has 0 aromatic heterocycles. The van der Waals surface area contributed by atoms with Crippen LogP contribution >= 0.6 is 0 Å². The van der Waals surface area contributed by atoms with Gasteiger partial charge in [-0.25, -0.2) is 0 Å². The van der Waals surface area contributed by atoms with Crippen LogP contribution in [0.25, 0.3) is 0 Å². The zero-order valence-corrected chi connectivity index (χ0v) is 11.8. The van der Waals surface area contributed by atoms with Crippen molar-refractivity contribution in [3.63, 3.8) is 0 Å². The zero-order chi connectivity index (χ0) is 15.5. The number of carboxylic acid groups (broad SMARTS) is 1. The summed E-state index contributed by atoms with van der Waals surface area (Å²) in [7, 11) is 0. The first-order chi connectivity index (χ1) is 9.94. The van der Waals surface area contributed by atoms with Crippen molar-refractivity contribution in [1.82, 2.24) is 0 Å². The highest BCUT2D eigenvalue weighted by Crippen LogP contribution is 2.39. The first kappa shape index (κ1) is 15.1. The van der Waals surface area contributed by atoms with E-state index in [2.05, 4.69) is 5.32 Å². The Morgan fingerprint density at radius 2 is 2.19 bits per heavy atom. The van der Waals surface area contributed by atoms with E-state index in [1.165, 1.54) is 12.1 Å². The van der Waals surface area contributed by atoms with Gasteiger partial charge in [0.15, 0.2) is 0 Å². The lowest BCUT2D eigenvalue weighted by Gasteiger charge is -2.42. The Morgan fingerprint density at radius 1 is 1.48 bits per heavy atom. The van der Waals surface area contributed by atoms with Gasteiger partial charge >= 0.3 is 5.97 Å². The summed E-state index contributed by atoms with van der Waals surface area (Å²) in [6.07, 6.45) is 2.44. The Kier molecular flexibility index (Phi) is 4.30. The maximum absolute atomic E-state index is 11.0. The van der Waals surface area contributed by atoms with Gasteiger partial charge < -0.3 is 15.2 Å². The van der Waals surface area contributed by atoms with Crippen LogP contribution in [0.15, 0.2) is 18.2 Å². The van der Waals surface area contributed by atoms with Crippen molar-refractivity contribution in [3.8, 4) is 5.75 Å². The summed E-state index contributed by atoms with van der Waals surface area (Å²) in [5.74, 6) is -0.475. The van der Waals surface area contributed by atoms with E-state index in [9.17, 15) is 14.9 Å². The monoisotopic (exact) mass is 294 g/mol. The molecule has 0 spiro atoms. The number of nitro benzene ring substituents is 1. The fraction of sp³-hybridized carbons (Fsp3) is 0.500. The molecular weight excluding hydrogens is 276 g/mol. The number of hydrogen-bond donors (Lipinski definition) is 2. The van der Waals surface area contributed by atoms with Gasteiger partial charge in [0.25, 0.3) is 5.69 Å². The van der Waals surface area contributed by atoms with E-state index >= 15 is 0 Å². The zero-order valence-electron chi connectivity index (χ0n) is 11.8. The molecule has 114 valence electrons. The van der Waals surface area contributed by atoms with Gasteiger partial charge in [0.2, 0.25) is 0 Å². The quantitative estimate of drug-likeness (QED) is 0.592. The number of ether oxygens (including phenoxy) is 1. The topological polar surface area (TPSA) is 102 Å². The van der Waals surface area contributed by atoms with Gasteiger partial charge in [0, 0.05) is 23.4 Å². The highest BCUT2D eigenvalue weighted by atomic mass is 16.6. The molecule has 0 amide bonds. The van der Waals surface area contributed by atoms with E-state index < -0.39 is 16.4 Å². The summed E-state index contributed by atoms with van der Waals surface area (Å²) in [5, 5.41) is 23.1. The summed E-state index contributed by atoms with van der Waals surface area (Å²) >= 11 is 0. The Hall–Kier alpha value is -2.31. The molecule has 1 saturated carbocycles. The van der Waals surface area contributed by atoms with Crippen LogP contribution in [0.5, 0.6) is 5.75 Å². The molecule has 0 unspecified atom stereocenters. The minimum Gasteiger partial charge on any atom is -0.494 e. The highest BCUT2D eigenvalue weighted by Gasteiger charge is 2.39. The number of benzene rings is 1. The van der Waals surface area contributed by atoms with E-state index in [1.54, 1.807) is 13.0 Å². The first-order valence-corrected chi connectivity index (χ1v) is 6.86. The van der Waals surface area contributed by atoms with Crippen LogP contribution in [0.1, 0.15) is 32.6 Å². The van der Waals surface area contributed by atoms with Gasteiger partial charge in [-0.1, -0.05) is 0 Å². The second-order valence-electron chi connectivity index (χ2n) is 5.24. The normalized spacial score (nSPS) is 15.9. The molecule has 2 rings (SSSR count). The lowest BCUT2D eigenvalue weighted by atomic mass is 9.74. The van der Waals surface area contributed by atoms with E-state index in [1.807, 2.05) is 0 Å². The number of hydrogen-bond acceptors (Lipinski definition) is 5. The van der Waals surface area contributed by atoms with Crippen molar-refractivity contribution in [2.24, 2.45) is 0 Å². The Morgan fingerprint density at radius 3 is 2.67 bits per heavy atom. The average molecular weight is 294 g/mol. The molecule has 1 aromatic rings. The Balaban J connectivity index is 2.25. The number of carboxylic acids is 1. The number of anilines is 1. The maximum atomic E-state index is 11.0. The number of nitro groups is 1. The molecule has 1 aromatic carbocycles. The van der Waals surface area contributed by atoms with Crippen molar-refractivity contribution < 1.29 is 19.6 Å². The van der Waals surface area contributed by atoms with Crippen molar-refractivity contribution in [2.45, 2.75) is 38.1 Å². The molecule has 21 heavy (non-hydrogen) atoms. The molecule has 1 fully saturated rings. The molecule has 1 aliphatic rings. The lowest BCUT2D eigenvalue weighted by Crippen LogP contribution is -2.46. The summed E-state index contributed by atoms with van der Waals surface area (Å²) < 4.78 is 5.32. The number of aliphatic carboxylic acids is 1. The number of nitrogens with zero attached hydrogens (tertiary/aromatic N) is 1. The van der Waals surface area contributed by atoms with Crippen molar-refractivity contribution >= 4 is 17.3 Å². The van der Waals surface area contributed by atoms with Crippen LogP contribution in [0.2, 0.25) is 0 Å². The van der Waals surface area contributed by atoms with Crippen molar-refractivity contribution in [2.75, 3.05) is 11.9 Å². The summed E-state index contributed by atoms with van der Waals surface area (Å²) in [6, 6.07) is 4.43. The third-order valence-corrected chi connectivity index (χ3v) is 3.62. The van der Waals surface area contributed by atoms with Gasteiger partial charge in [-0.15, -0.1) is 0 Å². The fourth-order valence-electron chi connectivity index (χ4n) is 2.56. The number of nitrogens with one attached hydrogen (secondary N) is 1. The van der Waals surface area contributed by atoms with Crippen LogP contribution in [0, 0.1) is 10.1 Å². The van der Waals surface area contributed by atoms with Gasteiger partial charge in [0.1, 0.15) is 5.75 Å². The highest BCUT2D eigenvalue weighted by molar-refractivity contribution is 5.70. The molecule has 1 aliphatic carbocycles.